The van der Waals surface area contributed by atoms with Crippen LogP contribution in [0.5, 0.6) is 0 Å². The molecule has 1 aromatic carbocycles. The van der Waals surface area contributed by atoms with Gasteiger partial charge in [-0.05, 0) is 30.0 Å². The molecule has 0 aliphatic carbocycles. The van der Waals surface area contributed by atoms with Gasteiger partial charge in [-0.3, -0.25) is 4.79 Å². The lowest BCUT2D eigenvalue weighted by molar-refractivity contribution is -0.117. The van der Waals surface area contributed by atoms with Gasteiger partial charge in [-0.1, -0.05) is 26.0 Å². The SMILES string of the molecule is CC(C)c1ccc(NC(=O)C2CC(S(=O)(=O)N3CCOCC3)CN2)cc1. The van der Waals surface area contributed by atoms with Crippen LogP contribution in [0.15, 0.2) is 24.3 Å². The molecule has 2 aliphatic rings. The summed E-state index contributed by atoms with van der Waals surface area (Å²) in [4.78, 5) is 12.5. The van der Waals surface area contributed by atoms with E-state index in [0.717, 1.165) is 5.69 Å². The van der Waals surface area contributed by atoms with E-state index >= 15 is 0 Å². The Morgan fingerprint density at radius 2 is 1.88 bits per heavy atom. The number of sulfonamides is 1. The largest absolute Gasteiger partial charge is 0.379 e. The summed E-state index contributed by atoms with van der Waals surface area (Å²) in [5.74, 6) is 0.240. The van der Waals surface area contributed by atoms with E-state index in [1.54, 1.807) is 0 Å². The number of rotatable bonds is 5. The minimum absolute atomic E-state index is 0.193. The van der Waals surface area contributed by atoms with Gasteiger partial charge in [-0.25, -0.2) is 8.42 Å². The number of anilines is 1. The summed E-state index contributed by atoms with van der Waals surface area (Å²) in [5.41, 5.74) is 1.93. The van der Waals surface area contributed by atoms with Gasteiger partial charge in [0.2, 0.25) is 15.9 Å². The summed E-state index contributed by atoms with van der Waals surface area (Å²) < 4.78 is 32.1. The number of hydrogen-bond acceptors (Lipinski definition) is 5. The summed E-state index contributed by atoms with van der Waals surface area (Å²) in [6.45, 7) is 6.15. The Labute approximate surface area is 155 Å². The minimum atomic E-state index is -3.41. The van der Waals surface area contributed by atoms with E-state index in [4.69, 9.17) is 4.74 Å². The molecule has 26 heavy (non-hydrogen) atoms. The van der Waals surface area contributed by atoms with Crippen molar-refractivity contribution in [3.05, 3.63) is 29.8 Å². The summed E-state index contributed by atoms with van der Waals surface area (Å²) >= 11 is 0. The van der Waals surface area contributed by atoms with E-state index in [1.165, 1.54) is 9.87 Å². The standard InChI is InChI=1S/C18H27N3O4S/c1-13(2)14-3-5-15(6-4-14)20-18(22)17-11-16(12-19-17)26(23,24)21-7-9-25-10-8-21/h3-6,13,16-17,19H,7-12H2,1-2H3,(H,20,22). The van der Waals surface area contributed by atoms with Crippen molar-refractivity contribution in [3.8, 4) is 0 Å². The number of carbonyl (C=O) groups is 1. The monoisotopic (exact) mass is 381 g/mol. The zero-order chi connectivity index (χ0) is 18.7. The van der Waals surface area contributed by atoms with Crippen molar-refractivity contribution >= 4 is 21.6 Å². The topological polar surface area (TPSA) is 87.7 Å². The van der Waals surface area contributed by atoms with Crippen LogP contribution in [0.1, 0.15) is 31.7 Å². The number of benzene rings is 1. The molecule has 0 spiro atoms. The maximum absolute atomic E-state index is 12.7. The smallest absolute Gasteiger partial charge is 0.241 e. The van der Waals surface area contributed by atoms with Gasteiger partial charge in [0.05, 0.1) is 24.5 Å². The fraction of sp³-hybridized carbons (Fsp3) is 0.611. The van der Waals surface area contributed by atoms with Gasteiger partial charge in [-0.2, -0.15) is 4.31 Å². The molecule has 8 heteroatoms. The van der Waals surface area contributed by atoms with Gasteiger partial charge < -0.3 is 15.4 Å². The second-order valence-electron chi connectivity index (χ2n) is 7.14. The average Bonchev–Trinajstić information content (AvgIpc) is 3.14. The Morgan fingerprint density at radius 1 is 1.23 bits per heavy atom. The molecule has 2 unspecified atom stereocenters. The van der Waals surface area contributed by atoms with Crippen LogP contribution in [-0.2, 0) is 19.6 Å². The molecule has 1 aromatic rings. The molecule has 2 heterocycles. The molecule has 7 nitrogen and oxygen atoms in total. The van der Waals surface area contributed by atoms with E-state index in [1.807, 2.05) is 24.3 Å². The Balaban J connectivity index is 1.58. The van der Waals surface area contributed by atoms with Gasteiger partial charge in [0, 0.05) is 25.3 Å². The Bertz CT molecular complexity index is 727. The van der Waals surface area contributed by atoms with Crippen molar-refractivity contribution in [2.45, 2.75) is 37.5 Å². The van der Waals surface area contributed by atoms with Gasteiger partial charge in [0.1, 0.15) is 0 Å². The van der Waals surface area contributed by atoms with Crippen molar-refractivity contribution < 1.29 is 17.9 Å². The van der Waals surface area contributed by atoms with Crippen molar-refractivity contribution in [3.63, 3.8) is 0 Å². The first-order chi connectivity index (χ1) is 12.4. The Kier molecular flexibility index (Phi) is 5.96. The first-order valence-corrected chi connectivity index (χ1v) is 10.6. The van der Waals surface area contributed by atoms with Crippen molar-refractivity contribution in [2.24, 2.45) is 0 Å². The molecule has 0 bridgehead atoms. The van der Waals surface area contributed by atoms with E-state index in [0.29, 0.717) is 38.8 Å². The van der Waals surface area contributed by atoms with Gasteiger partial charge >= 0.3 is 0 Å². The zero-order valence-electron chi connectivity index (χ0n) is 15.3. The van der Waals surface area contributed by atoms with Crippen LogP contribution in [0.25, 0.3) is 0 Å². The number of morpholine rings is 1. The van der Waals surface area contributed by atoms with Crippen LogP contribution in [0.3, 0.4) is 0 Å². The number of ether oxygens (including phenoxy) is 1. The predicted molar refractivity (Wildman–Crippen MR) is 101 cm³/mol. The van der Waals surface area contributed by atoms with Gasteiger partial charge in [-0.15, -0.1) is 0 Å². The molecule has 0 radical (unpaired) electrons. The van der Waals surface area contributed by atoms with Crippen LogP contribution < -0.4 is 10.6 Å². The molecular formula is C18H27N3O4S. The number of nitrogens with zero attached hydrogens (tertiary/aromatic N) is 1. The first-order valence-electron chi connectivity index (χ1n) is 9.09. The molecular weight excluding hydrogens is 354 g/mol. The predicted octanol–water partition coefficient (Wildman–Crippen LogP) is 1.14. The van der Waals surface area contributed by atoms with E-state index in [9.17, 15) is 13.2 Å². The van der Waals surface area contributed by atoms with Gasteiger partial charge in [0.25, 0.3) is 0 Å². The maximum Gasteiger partial charge on any atom is 0.241 e. The number of amides is 1. The average molecular weight is 381 g/mol. The Morgan fingerprint density at radius 3 is 2.50 bits per heavy atom. The molecule has 2 atom stereocenters. The summed E-state index contributed by atoms with van der Waals surface area (Å²) in [7, 11) is -3.41. The lowest BCUT2D eigenvalue weighted by atomic mass is 10.0. The first kappa shape index (κ1) is 19.3. The molecule has 0 saturated carbocycles. The number of nitrogens with one attached hydrogen (secondary N) is 2. The fourth-order valence-electron chi connectivity index (χ4n) is 3.32. The maximum atomic E-state index is 12.7. The Hall–Kier alpha value is -1.48. The molecule has 2 fully saturated rings. The van der Waals surface area contributed by atoms with Crippen LogP contribution in [-0.4, -0.2) is 62.8 Å². The fourth-order valence-corrected chi connectivity index (χ4v) is 5.14. The van der Waals surface area contributed by atoms with Crippen LogP contribution in [0.4, 0.5) is 5.69 Å². The molecule has 1 amide bonds. The van der Waals surface area contributed by atoms with Crippen molar-refractivity contribution in [1.29, 1.82) is 0 Å². The molecule has 0 aromatic heterocycles. The third-order valence-corrected chi connectivity index (χ3v) is 7.29. The van der Waals surface area contributed by atoms with Crippen LogP contribution in [0, 0.1) is 0 Å². The second kappa shape index (κ2) is 8.04. The second-order valence-corrected chi connectivity index (χ2v) is 9.35. The van der Waals surface area contributed by atoms with Crippen LogP contribution in [0.2, 0.25) is 0 Å². The lowest BCUT2D eigenvalue weighted by Gasteiger charge is -2.28. The van der Waals surface area contributed by atoms with Crippen molar-refractivity contribution in [1.82, 2.24) is 9.62 Å². The van der Waals surface area contributed by atoms with Crippen molar-refractivity contribution in [2.75, 3.05) is 38.2 Å². The zero-order valence-corrected chi connectivity index (χ0v) is 16.1. The summed E-state index contributed by atoms with van der Waals surface area (Å²) in [6.07, 6.45) is 0.287. The molecule has 2 aliphatic heterocycles. The van der Waals surface area contributed by atoms with E-state index < -0.39 is 21.3 Å². The normalized spacial score (nSPS) is 24.7. The highest BCUT2D eigenvalue weighted by atomic mass is 32.2. The van der Waals surface area contributed by atoms with E-state index in [2.05, 4.69) is 24.5 Å². The third-order valence-electron chi connectivity index (χ3n) is 5.00. The number of hydrogen-bond donors (Lipinski definition) is 2. The summed E-state index contributed by atoms with van der Waals surface area (Å²) in [6, 6.07) is 7.25. The quantitative estimate of drug-likeness (QED) is 0.799. The molecule has 3 rings (SSSR count). The highest BCUT2D eigenvalue weighted by Gasteiger charge is 2.40. The van der Waals surface area contributed by atoms with Gasteiger partial charge in [0.15, 0.2) is 0 Å². The molecule has 144 valence electrons. The lowest BCUT2D eigenvalue weighted by Crippen LogP contribution is -2.45. The third kappa shape index (κ3) is 4.25. The molecule has 2 saturated heterocycles. The highest BCUT2D eigenvalue weighted by Crippen LogP contribution is 2.22. The molecule has 2 N–H and O–H groups in total. The number of carbonyl (C=O) groups excluding carboxylic acids is 1. The minimum Gasteiger partial charge on any atom is -0.379 e. The highest BCUT2D eigenvalue weighted by molar-refractivity contribution is 7.89. The van der Waals surface area contributed by atoms with E-state index in [-0.39, 0.29) is 12.3 Å². The van der Waals surface area contributed by atoms with Crippen LogP contribution >= 0.6 is 0 Å². The summed E-state index contributed by atoms with van der Waals surface area (Å²) in [5, 5.41) is 5.35.